The molecule has 2 aromatic rings. The first-order valence-corrected chi connectivity index (χ1v) is 6.42. The van der Waals surface area contributed by atoms with Crippen molar-refractivity contribution in [1.82, 2.24) is 0 Å². The minimum atomic E-state index is -0.224. The molecule has 0 radical (unpaired) electrons. The Morgan fingerprint density at radius 2 is 2.05 bits per heavy atom. The van der Waals surface area contributed by atoms with Crippen LogP contribution >= 0.6 is 0 Å². The van der Waals surface area contributed by atoms with E-state index in [4.69, 9.17) is 4.74 Å². The predicted octanol–water partition coefficient (Wildman–Crippen LogP) is 3.82. The van der Waals surface area contributed by atoms with Gasteiger partial charge in [0.05, 0.1) is 19.3 Å². The fraction of sp³-hybridized carbons (Fsp3) is 0.250. The minimum absolute atomic E-state index is 0.0745. The van der Waals surface area contributed by atoms with Gasteiger partial charge in [-0.1, -0.05) is 30.3 Å². The molecule has 0 spiro atoms. The summed E-state index contributed by atoms with van der Waals surface area (Å²) in [5.41, 5.74) is 4.28. The number of rotatable bonds is 2. The number of nitrogens with one attached hydrogen (secondary N) is 1. The van der Waals surface area contributed by atoms with E-state index in [-0.39, 0.29) is 11.9 Å². The number of fused-ring (bicyclic) bond motifs is 1. The monoisotopic (exact) mass is 257 g/mol. The van der Waals surface area contributed by atoms with Crippen LogP contribution in [-0.2, 0) is 11.3 Å². The van der Waals surface area contributed by atoms with Gasteiger partial charge in [-0.25, -0.2) is 4.39 Å². The molecule has 1 N–H and O–H groups in total. The highest BCUT2D eigenvalue weighted by Crippen LogP contribution is 2.29. The molecule has 1 atom stereocenters. The Morgan fingerprint density at radius 1 is 1.21 bits per heavy atom. The summed E-state index contributed by atoms with van der Waals surface area (Å²) < 4.78 is 18.9. The molecule has 2 aromatic carbocycles. The minimum Gasteiger partial charge on any atom is -0.376 e. The van der Waals surface area contributed by atoms with Crippen molar-refractivity contribution >= 4 is 5.69 Å². The molecular weight excluding hydrogens is 241 g/mol. The number of halogens is 1. The van der Waals surface area contributed by atoms with Gasteiger partial charge in [-0.2, -0.15) is 0 Å². The van der Waals surface area contributed by atoms with E-state index in [2.05, 4.69) is 17.4 Å². The van der Waals surface area contributed by atoms with Gasteiger partial charge in [0, 0.05) is 5.69 Å². The second-order valence-electron chi connectivity index (χ2n) is 4.87. The molecular formula is C16H16FNO. The Hall–Kier alpha value is -1.87. The highest BCUT2D eigenvalue weighted by atomic mass is 19.1. The molecule has 0 aliphatic carbocycles. The van der Waals surface area contributed by atoms with Crippen LogP contribution in [0.25, 0.3) is 0 Å². The third-order valence-corrected chi connectivity index (χ3v) is 3.50. The zero-order chi connectivity index (χ0) is 13.2. The molecule has 0 saturated carbocycles. The summed E-state index contributed by atoms with van der Waals surface area (Å²) in [5, 5.41) is 3.38. The van der Waals surface area contributed by atoms with Gasteiger partial charge in [0.25, 0.3) is 0 Å². The molecule has 1 unspecified atom stereocenters. The first-order valence-electron chi connectivity index (χ1n) is 6.42. The zero-order valence-corrected chi connectivity index (χ0v) is 10.8. The fourth-order valence-corrected chi connectivity index (χ4v) is 2.44. The molecule has 19 heavy (non-hydrogen) atoms. The first-order chi connectivity index (χ1) is 9.24. The van der Waals surface area contributed by atoms with Gasteiger partial charge in [0.2, 0.25) is 0 Å². The molecule has 2 nitrogen and oxygen atoms in total. The summed E-state index contributed by atoms with van der Waals surface area (Å²) in [5.74, 6) is -0.224. The van der Waals surface area contributed by atoms with Gasteiger partial charge in [-0.3, -0.25) is 0 Å². The van der Waals surface area contributed by atoms with Crippen molar-refractivity contribution < 1.29 is 9.13 Å². The lowest BCUT2D eigenvalue weighted by Gasteiger charge is -2.28. The molecule has 0 bridgehead atoms. The molecule has 0 saturated heterocycles. The Morgan fingerprint density at radius 3 is 2.95 bits per heavy atom. The van der Waals surface area contributed by atoms with Gasteiger partial charge < -0.3 is 10.1 Å². The number of hydrogen-bond donors (Lipinski definition) is 1. The summed E-state index contributed by atoms with van der Waals surface area (Å²) in [7, 11) is 0. The van der Waals surface area contributed by atoms with Crippen molar-refractivity contribution in [2.45, 2.75) is 19.6 Å². The van der Waals surface area contributed by atoms with Crippen molar-refractivity contribution in [2.24, 2.45) is 0 Å². The van der Waals surface area contributed by atoms with Crippen LogP contribution in [0.2, 0.25) is 0 Å². The number of hydrogen-bond acceptors (Lipinski definition) is 2. The Bertz CT molecular complexity index is 597. The van der Waals surface area contributed by atoms with Gasteiger partial charge >= 0.3 is 0 Å². The van der Waals surface area contributed by atoms with Gasteiger partial charge in [0.15, 0.2) is 0 Å². The van der Waals surface area contributed by atoms with Crippen molar-refractivity contribution in [1.29, 1.82) is 0 Å². The van der Waals surface area contributed by atoms with Crippen LogP contribution in [0.1, 0.15) is 22.7 Å². The molecule has 3 heteroatoms. The van der Waals surface area contributed by atoms with Crippen LogP contribution in [0, 0.1) is 12.7 Å². The second-order valence-corrected chi connectivity index (χ2v) is 4.87. The molecule has 3 rings (SSSR count). The van der Waals surface area contributed by atoms with E-state index in [9.17, 15) is 4.39 Å². The molecule has 1 aliphatic heterocycles. The molecule has 0 amide bonds. The van der Waals surface area contributed by atoms with E-state index < -0.39 is 0 Å². The topological polar surface area (TPSA) is 21.3 Å². The lowest BCUT2D eigenvalue weighted by Crippen LogP contribution is -2.23. The summed E-state index contributed by atoms with van der Waals surface area (Å²) in [6.07, 6.45) is 0. The smallest absolute Gasteiger partial charge is 0.125 e. The van der Waals surface area contributed by atoms with E-state index in [1.54, 1.807) is 6.07 Å². The third kappa shape index (κ3) is 2.47. The molecule has 98 valence electrons. The summed E-state index contributed by atoms with van der Waals surface area (Å²) in [4.78, 5) is 0. The summed E-state index contributed by atoms with van der Waals surface area (Å²) in [6, 6.07) is 13.1. The number of benzene rings is 2. The lowest BCUT2D eigenvalue weighted by atomic mass is 9.98. The van der Waals surface area contributed by atoms with E-state index in [0.29, 0.717) is 13.2 Å². The quantitative estimate of drug-likeness (QED) is 0.883. The molecule has 1 heterocycles. The number of anilines is 1. The van der Waals surface area contributed by atoms with Crippen molar-refractivity contribution in [2.75, 3.05) is 11.9 Å². The molecule has 1 aliphatic rings. The molecule has 0 aromatic heterocycles. The average molecular weight is 257 g/mol. The normalized spacial score (nSPS) is 17.9. The third-order valence-electron chi connectivity index (χ3n) is 3.50. The SMILES string of the molecule is Cc1ccc(F)cc1NC1COCc2ccccc21. The highest BCUT2D eigenvalue weighted by molar-refractivity contribution is 5.53. The second kappa shape index (κ2) is 5.02. The van der Waals surface area contributed by atoms with E-state index >= 15 is 0 Å². The van der Waals surface area contributed by atoms with E-state index in [1.807, 2.05) is 19.1 Å². The first kappa shape index (κ1) is 12.2. The van der Waals surface area contributed by atoms with Gasteiger partial charge in [-0.05, 0) is 35.7 Å². The number of aryl methyl sites for hydroxylation is 1. The Kier molecular flexibility index (Phi) is 3.22. The van der Waals surface area contributed by atoms with Crippen molar-refractivity contribution in [3.63, 3.8) is 0 Å². The van der Waals surface area contributed by atoms with Gasteiger partial charge in [-0.15, -0.1) is 0 Å². The fourth-order valence-electron chi connectivity index (χ4n) is 2.44. The van der Waals surface area contributed by atoms with Crippen LogP contribution < -0.4 is 5.32 Å². The Balaban J connectivity index is 1.90. The van der Waals surface area contributed by atoms with Crippen LogP contribution in [-0.4, -0.2) is 6.61 Å². The highest BCUT2D eigenvalue weighted by Gasteiger charge is 2.20. The maximum absolute atomic E-state index is 13.3. The van der Waals surface area contributed by atoms with Crippen molar-refractivity contribution in [3.05, 3.63) is 65.0 Å². The maximum atomic E-state index is 13.3. The van der Waals surface area contributed by atoms with Crippen molar-refractivity contribution in [3.8, 4) is 0 Å². The summed E-state index contributed by atoms with van der Waals surface area (Å²) in [6.45, 7) is 3.22. The number of ether oxygens (including phenoxy) is 1. The van der Waals surface area contributed by atoms with Crippen LogP contribution in [0.5, 0.6) is 0 Å². The predicted molar refractivity (Wildman–Crippen MR) is 73.6 cm³/mol. The maximum Gasteiger partial charge on any atom is 0.125 e. The summed E-state index contributed by atoms with van der Waals surface area (Å²) >= 11 is 0. The van der Waals surface area contributed by atoms with Crippen LogP contribution in [0.15, 0.2) is 42.5 Å². The standard InChI is InChI=1S/C16H16FNO/c1-11-6-7-13(17)8-15(11)18-16-10-19-9-12-4-2-3-5-14(12)16/h2-8,16,18H,9-10H2,1H3. The van der Waals surface area contributed by atoms with Crippen LogP contribution in [0.4, 0.5) is 10.1 Å². The van der Waals surface area contributed by atoms with E-state index in [1.165, 1.54) is 23.3 Å². The zero-order valence-electron chi connectivity index (χ0n) is 10.8. The van der Waals surface area contributed by atoms with Gasteiger partial charge in [0.1, 0.15) is 5.82 Å². The van der Waals surface area contributed by atoms with E-state index in [0.717, 1.165) is 11.3 Å². The van der Waals surface area contributed by atoms with Crippen LogP contribution in [0.3, 0.4) is 0 Å². The Labute approximate surface area is 112 Å². The lowest BCUT2D eigenvalue weighted by molar-refractivity contribution is 0.0970. The molecule has 0 fully saturated rings. The largest absolute Gasteiger partial charge is 0.376 e. The average Bonchev–Trinajstić information content (AvgIpc) is 2.43.